The van der Waals surface area contributed by atoms with Gasteiger partial charge in [0, 0.05) is 38.4 Å². The third-order valence-corrected chi connectivity index (χ3v) is 6.02. The Hall–Kier alpha value is -3.56. The second kappa shape index (κ2) is 12.4. The molecule has 1 amide bonds. The quantitative estimate of drug-likeness (QED) is 0.528. The van der Waals surface area contributed by atoms with Gasteiger partial charge < -0.3 is 24.9 Å². The number of anilines is 1. The molecule has 10 nitrogen and oxygen atoms in total. The van der Waals surface area contributed by atoms with Crippen molar-refractivity contribution in [3.8, 4) is 11.8 Å². The summed E-state index contributed by atoms with van der Waals surface area (Å²) in [6.45, 7) is -0.702. The third-order valence-electron chi connectivity index (χ3n) is 6.02. The van der Waals surface area contributed by atoms with Gasteiger partial charge >= 0.3 is 12.7 Å². The van der Waals surface area contributed by atoms with E-state index < -0.39 is 18.7 Å². The van der Waals surface area contributed by atoms with Gasteiger partial charge in [-0.3, -0.25) is 0 Å². The summed E-state index contributed by atoms with van der Waals surface area (Å²) in [7, 11) is 0. The number of nitrogens with zero attached hydrogens (tertiary/aromatic N) is 4. The van der Waals surface area contributed by atoms with Crippen molar-refractivity contribution < 1.29 is 27.9 Å². The van der Waals surface area contributed by atoms with Crippen molar-refractivity contribution in [1.29, 1.82) is 5.26 Å². The number of carbonyl (C=O) groups is 1. The van der Waals surface area contributed by atoms with Crippen LogP contribution in [0.1, 0.15) is 48.5 Å². The first kappa shape index (κ1) is 25.5. The lowest BCUT2D eigenvalue weighted by molar-refractivity contribution is -0.112. The van der Waals surface area contributed by atoms with Crippen molar-refractivity contribution in [1.82, 2.24) is 20.3 Å². The first-order chi connectivity index (χ1) is 17.5. The van der Waals surface area contributed by atoms with Crippen LogP contribution in [0.3, 0.4) is 0 Å². The van der Waals surface area contributed by atoms with E-state index in [1.807, 2.05) is 0 Å². The number of ether oxygens (including phenoxy) is 2. The molecule has 0 spiro atoms. The van der Waals surface area contributed by atoms with Crippen LogP contribution in [0.2, 0.25) is 0 Å². The molecule has 3 heterocycles. The summed E-state index contributed by atoms with van der Waals surface area (Å²) in [6, 6.07) is 7.70. The van der Waals surface area contributed by atoms with Crippen LogP contribution in [0.15, 0.2) is 30.5 Å². The molecule has 12 heteroatoms. The van der Waals surface area contributed by atoms with E-state index in [0.717, 1.165) is 24.1 Å². The Bertz CT molecular complexity index is 1060. The van der Waals surface area contributed by atoms with E-state index in [-0.39, 0.29) is 18.2 Å². The van der Waals surface area contributed by atoms with Crippen LogP contribution in [-0.2, 0) is 22.5 Å². The molecule has 2 N–H and O–H groups in total. The molecule has 0 aliphatic carbocycles. The lowest BCUT2D eigenvalue weighted by Crippen LogP contribution is -2.39. The molecule has 1 aromatic heterocycles. The predicted molar refractivity (Wildman–Crippen MR) is 124 cm³/mol. The van der Waals surface area contributed by atoms with E-state index in [1.165, 1.54) is 17.2 Å². The number of carbonyl (C=O) groups excluding carboxylic acids is 1. The van der Waals surface area contributed by atoms with Gasteiger partial charge in [-0.05, 0) is 48.9 Å². The number of hydrogen-bond acceptors (Lipinski definition) is 9. The highest BCUT2D eigenvalue weighted by molar-refractivity contribution is 5.67. The van der Waals surface area contributed by atoms with Gasteiger partial charge in [-0.25, -0.2) is 14.8 Å². The van der Waals surface area contributed by atoms with Gasteiger partial charge in [-0.1, -0.05) is 12.1 Å². The predicted octanol–water partition coefficient (Wildman–Crippen LogP) is 3.71. The van der Waals surface area contributed by atoms with Gasteiger partial charge in [0.1, 0.15) is 5.75 Å². The van der Waals surface area contributed by atoms with Gasteiger partial charge in [0.05, 0.1) is 24.3 Å². The summed E-state index contributed by atoms with van der Waals surface area (Å²) in [5.41, 5.74) is 2.43. The second-order valence-electron chi connectivity index (χ2n) is 8.53. The molecule has 2 aromatic rings. The molecule has 1 atom stereocenters. The maximum atomic E-state index is 12.7. The number of nitriles is 1. The van der Waals surface area contributed by atoms with Gasteiger partial charge in [0.25, 0.3) is 0 Å². The summed E-state index contributed by atoms with van der Waals surface area (Å²) < 4.78 is 34.6. The number of nitrogens with one attached hydrogen (secondary N) is 2. The van der Waals surface area contributed by atoms with Crippen LogP contribution in [-0.4, -0.2) is 53.5 Å². The van der Waals surface area contributed by atoms with Crippen molar-refractivity contribution in [2.75, 3.05) is 25.1 Å². The number of fused-ring (bicyclic) bond motifs is 1. The fourth-order valence-corrected chi connectivity index (χ4v) is 4.15. The monoisotopic (exact) mass is 502 g/mol. The van der Waals surface area contributed by atoms with Crippen molar-refractivity contribution in [3.05, 3.63) is 47.3 Å². The molecule has 0 bridgehead atoms. The van der Waals surface area contributed by atoms with E-state index in [9.17, 15) is 13.6 Å². The summed E-state index contributed by atoms with van der Waals surface area (Å²) in [4.78, 5) is 27.2. The van der Waals surface area contributed by atoms with Crippen LogP contribution in [0.5, 0.6) is 5.75 Å². The Kier molecular flexibility index (Phi) is 8.80. The molecule has 0 radical (unpaired) electrons. The van der Waals surface area contributed by atoms with Crippen molar-refractivity contribution >= 4 is 12.0 Å². The Morgan fingerprint density at radius 2 is 2.06 bits per heavy atom. The summed E-state index contributed by atoms with van der Waals surface area (Å²) >= 11 is 0. The van der Waals surface area contributed by atoms with E-state index in [2.05, 4.69) is 31.4 Å². The van der Waals surface area contributed by atoms with E-state index >= 15 is 0 Å². The third kappa shape index (κ3) is 7.22. The van der Waals surface area contributed by atoms with Gasteiger partial charge in [0.15, 0.2) is 0 Å². The lowest BCUT2D eigenvalue weighted by Gasteiger charge is -2.28. The van der Waals surface area contributed by atoms with Crippen LogP contribution in [0.25, 0.3) is 0 Å². The molecule has 192 valence electrons. The fraction of sp³-hybridized carbons (Fsp3) is 0.500. The zero-order chi connectivity index (χ0) is 25.3. The maximum Gasteiger partial charge on any atom is 0.426 e. The van der Waals surface area contributed by atoms with Crippen molar-refractivity contribution in [3.63, 3.8) is 0 Å². The average molecular weight is 503 g/mol. The van der Waals surface area contributed by atoms with Crippen LogP contribution in [0.4, 0.5) is 19.5 Å². The van der Waals surface area contributed by atoms with Crippen LogP contribution < -0.4 is 15.4 Å². The molecule has 36 heavy (non-hydrogen) atoms. The smallest absolute Gasteiger partial charge is 0.426 e. The number of aromatic nitrogens is 2. The van der Waals surface area contributed by atoms with Crippen LogP contribution >= 0.6 is 0 Å². The Morgan fingerprint density at radius 1 is 1.28 bits per heavy atom. The van der Waals surface area contributed by atoms with Crippen molar-refractivity contribution in [2.45, 2.75) is 57.3 Å². The lowest BCUT2D eigenvalue weighted by atomic mass is 10.0. The molecule has 4 rings (SSSR count). The highest BCUT2D eigenvalue weighted by Gasteiger charge is 2.24. The van der Waals surface area contributed by atoms with E-state index in [0.29, 0.717) is 50.7 Å². The van der Waals surface area contributed by atoms with Gasteiger partial charge in [-0.2, -0.15) is 14.0 Å². The Labute approximate surface area is 207 Å². The van der Waals surface area contributed by atoms with Crippen molar-refractivity contribution in [2.24, 2.45) is 0 Å². The SMILES string of the molecule is N#CCC[C@@H](NC(=O)ON1CCc2cnc(NC3CCOCC3)nc2C1)c1ccc(OC(F)F)cc1. The first-order valence-corrected chi connectivity index (χ1v) is 11.8. The normalized spacial score (nSPS) is 17.1. The van der Waals surface area contributed by atoms with Crippen LogP contribution in [0, 0.1) is 11.3 Å². The van der Waals surface area contributed by atoms with E-state index in [4.69, 9.17) is 14.8 Å². The Balaban J connectivity index is 1.34. The molecule has 1 fully saturated rings. The highest BCUT2D eigenvalue weighted by atomic mass is 19.3. The standard InChI is InChI=1S/C24H28F2N6O4/c25-22(26)35-19-5-3-16(4-6-19)20(2-1-10-27)31-24(33)36-32-11-7-17-14-28-23(30-21(17)15-32)29-18-8-12-34-13-9-18/h3-6,14,18,20,22H,1-2,7-9,11-13,15H2,(H,31,33)(H,28,29,30)/t20-/m1/s1. The Morgan fingerprint density at radius 3 is 2.78 bits per heavy atom. The van der Waals surface area contributed by atoms with Gasteiger partial charge in [0.2, 0.25) is 5.95 Å². The second-order valence-corrected chi connectivity index (χ2v) is 8.53. The largest absolute Gasteiger partial charge is 0.435 e. The zero-order valence-corrected chi connectivity index (χ0v) is 19.7. The minimum absolute atomic E-state index is 0.00927. The van der Waals surface area contributed by atoms with Gasteiger partial charge in [-0.15, -0.1) is 5.06 Å². The molecule has 2 aliphatic heterocycles. The molecule has 0 saturated carbocycles. The number of hydroxylamine groups is 2. The molecule has 1 saturated heterocycles. The molecule has 0 unspecified atom stereocenters. The number of rotatable bonds is 9. The zero-order valence-electron chi connectivity index (χ0n) is 19.7. The number of alkyl halides is 2. The molecular formula is C24H28F2N6O4. The average Bonchev–Trinajstić information content (AvgIpc) is 2.87. The highest BCUT2D eigenvalue weighted by Crippen LogP contribution is 2.24. The number of halogens is 2. The minimum Gasteiger partial charge on any atom is -0.435 e. The molecule has 2 aliphatic rings. The minimum atomic E-state index is -2.92. The molecular weight excluding hydrogens is 474 g/mol. The summed E-state index contributed by atoms with van der Waals surface area (Å²) in [6.07, 6.45) is 4.07. The maximum absolute atomic E-state index is 12.7. The van der Waals surface area contributed by atoms with E-state index in [1.54, 1.807) is 18.3 Å². The number of amides is 1. The fourth-order valence-electron chi connectivity index (χ4n) is 4.15. The summed E-state index contributed by atoms with van der Waals surface area (Å²) in [5, 5.41) is 16.6. The number of benzene rings is 1. The summed E-state index contributed by atoms with van der Waals surface area (Å²) in [5.74, 6) is 0.554. The molecule has 1 aromatic carbocycles. The number of hydrogen-bond donors (Lipinski definition) is 2. The topological polar surface area (TPSA) is 122 Å². The first-order valence-electron chi connectivity index (χ1n) is 11.8.